The van der Waals surface area contributed by atoms with E-state index in [4.69, 9.17) is 4.74 Å². The summed E-state index contributed by atoms with van der Waals surface area (Å²) in [5.74, 6) is 0.925. The Morgan fingerprint density at radius 1 is 1.17 bits per heavy atom. The molecule has 1 aromatic heterocycles. The van der Waals surface area contributed by atoms with Crippen molar-refractivity contribution in [2.24, 2.45) is 0 Å². The summed E-state index contributed by atoms with van der Waals surface area (Å²) >= 11 is 0. The van der Waals surface area contributed by atoms with Crippen molar-refractivity contribution in [2.45, 2.75) is 25.4 Å². The number of benzene rings is 1. The van der Waals surface area contributed by atoms with Crippen LogP contribution in [0, 0.1) is 6.92 Å². The summed E-state index contributed by atoms with van der Waals surface area (Å²) in [6.45, 7) is 4.49. The van der Waals surface area contributed by atoms with Gasteiger partial charge in [-0.2, -0.15) is 5.10 Å². The highest BCUT2D eigenvalue weighted by molar-refractivity contribution is 5.93. The van der Waals surface area contributed by atoms with Crippen LogP contribution in [0.15, 0.2) is 24.3 Å². The van der Waals surface area contributed by atoms with Gasteiger partial charge in [-0.1, -0.05) is 24.3 Å². The van der Waals surface area contributed by atoms with E-state index >= 15 is 0 Å². The van der Waals surface area contributed by atoms with Crippen molar-refractivity contribution in [2.75, 3.05) is 31.1 Å². The van der Waals surface area contributed by atoms with Gasteiger partial charge in [0.05, 0.1) is 11.3 Å². The first-order valence-corrected chi connectivity index (χ1v) is 8.05. The summed E-state index contributed by atoms with van der Waals surface area (Å²) in [6, 6.07) is 8.27. The Morgan fingerprint density at radius 3 is 2.61 bits per heavy atom. The lowest BCUT2D eigenvalue weighted by Crippen LogP contribution is -2.57. The normalized spacial score (nSPS) is 20.7. The molecule has 3 heterocycles. The molecule has 23 heavy (non-hydrogen) atoms. The van der Waals surface area contributed by atoms with Gasteiger partial charge in [0.1, 0.15) is 6.61 Å². The van der Waals surface area contributed by atoms with Crippen molar-refractivity contribution < 1.29 is 9.53 Å². The number of nitrogens with one attached hydrogen (secondary N) is 1. The molecule has 2 aliphatic rings. The fraction of sp³-hybridized carbons (Fsp3) is 0.471. The highest BCUT2D eigenvalue weighted by Gasteiger charge is 2.39. The highest BCUT2D eigenvalue weighted by Crippen LogP contribution is 2.32. The molecule has 0 unspecified atom stereocenters. The molecule has 6 nitrogen and oxygen atoms in total. The number of anilines is 1. The third-order valence-electron chi connectivity index (χ3n) is 4.94. The number of fused-ring (bicyclic) bond motifs is 1. The van der Waals surface area contributed by atoms with Gasteiger partial charge in [-0.25, -0.2) is 0 Å². The molecule has 0 aliphatic carbocycles. The van der Waals surface area contributed by atoms with Crippen LogP contribution in [0.25, 0.3) is 10.8 Å². The van der Waals surface area contributed by atoms with Crippen LogP contribution in [0.3, 0.4) is 0 Å². The average Bonchev–Trinajstić information content (AvgIpc) is 2.60. The number of hydrogen-bond acceptors (Lipinski definition) is 5. The Morgan fingerprint density at radius 2 is 1.91 bits per heavy atom. The van der Waals surface area contributed by atoms with Gasteiger partial charge in [-0.3, -0.25) is 4.79 Å². The van der Waals surface area contributed by atoms with E-state index in [0.29, 0.717) is 6.54 Å². The van der Waals surface area contributed by atoms with Gasteiger partial charge in [-0.15, -0.1) is 5.10 Å². The van der Waals surface area contributed by atoms with Gasteiger partial charge in [0.15, 0.2) is 5.82 Å². The predicted molar refractivity (Wildman–Crippen MR) is 87.4 cm³/mol. The second-order valence-corrected chi connectivity index (χ2v) is 6.39. The second-order valence-electron chi connectivity index (χ2n) is 6.39. The Hall–Kier alpha value is -2.21. The number of piperidine rings is 1. The molecule has 1 spiro atoms. The van der Waals surface area contributed by atoms with Crippen molar-refractivity contribution in [1.29, 1.82) is 0 Å². The largest absolute Gasteiger partial charge is 0.363 e. The van der Waals surface area contributed by atoms with E-state index in [1.807, 2.05) is 19.1 Å². The minimum Gasteiger partial charge on any atom is -0.363 e. The van der Waals surface area contributed by atoms with E-state index in [2.05, 4.69) is 32.5 Å². The molecule has 2 aliphatic heterocycles. The van der Waals surface area contributed by atoms with Crippen LogP contribution in [0.1, 0.15) is 18.5 Å². The van der Waals surface area contributed by atoms with Crippen LogP contribution in [0.5, 0.6) is 0 Å². The van der Waals surface area contributed by atoms with E-state index < -0.39 is 0 Å². The topological polar surface area (TPSA) is 67.4 Å². The number of aryl methyl sites for hydroxylation is 1. The molecule has 0 atom stereocenters. The fourth-order valence-corrected chi connectivity index (χ4v) is 3.48. The molecule has 120 valence electrons. The molecule has 2 fully saturated rings. The predicted octanol–water partition coefficient (Wildman–Crippen LogP) is 1.42. The lowest BCUT2D eigenvalue weighted by molar-refractivity contribution is -0.146. The van der Waals surface area contributed by atoms with E-state index in [9.17, 15) is 4.79 Å². The maximum Gasteiger partial charge on any atom is 0.246 e. The maximum absolute atomic E-state index is 11.3. The van der Waals surface area contributed by atoms with Crippen molar-refractivity contribution in [1.82, 2.24) is 15.5 Å². The minimum atomic E-state index is -0.210. The number of ether oxygens (including phenoxy) is 1. The van der Waals surface area contributed by atoms with Crippen LogP contribution >= 0.6 is 0 Å². The van der Waals surface area contributed by atoms with E-state index in [-0.39, 0.29) is 18.1 Å². The Balaban J connectivity index is 1.57. The molecular weight excluding hydrogens is 292 g/mol. The monoisotopic (exact) mass is 312 g/mol. The minimum absolute atomic E-state index is 0.0200. The lowest BCUT2D eigenvalue weighted by Gasteiger charge is -2.44. The van der Waals surface area contributed by atoms with E-state index in [0.717, 1.165) is 48.2 Å². The Labute approximate surface area is 134 Å². The molecule has 1 aromatic carbocycles. The average molecular weight is 312 g/mol. The lowest BCUT2D eigenvalue weighted by atomic mass is 9.90. The third kappa shape index (κ3) is 2.53. The molecule has 2 aromatic rings. The molecular formula is C17H20N4O2. The number of nitrogens with zero attached hydrogens (tertiary/aromatic N) is 3. The number of amides is 1. The van der Waals surface area contributed by atoms with Gasteiger partial charge in [0.25, 0.3) is 0 Å². The fourth-order valence-electron chi connectivity index (χ4n) is 3.48. The summed E-state index contributed by atoms with van der Waals surface area (Å²) in [4.78, 5) is 13.6. The molecule has 0 saturated carbocycles. The molecule has 0 bridgehead atoms. The van der Waals surface area contributed by atoms with Gasteiger partial charge in [0, 0.05) is 30.4 Å². The SMILES string of the molecule is Cc1nnc(N2CCC3(CC2)CNC(=O)CO3)c2ccccc12. The zero-order chi connectivity index (χ0) is 15.9. The summed E-state index contributed by atoms with van der Waals surface area (Å²) in [5, 5.41) is 14.0. The first-order chi connectivity index (χ1) is 11.2. The van der Waals surface area contributed by atoms with E-state index in [1.54, 1.807) is 0 Å². The number of morpholine rings is 1. The summed E-state index contributed by atoms with van der Waals surface area (Å²) < 4.78 is 5.83. The number of hydrogen-bond donors (Lipinski definition) is 1. The Kier molecular flexibility index (Phi) is 3.41. The molecule has 6 heteroatoms. The highest BCUT2D eigenvalue weighted by atomic mass is 16.5. The van der Waals surface area contributed by atoms with Crippen LogP contribution in [-0.4, -0.2) is 47.9 Å². The smallest absolute Gasteiger partial charge is 0.246 e. The summed E-state index contributed by atoms with van der Waals surface area (Å²) in [7, 11) is 0. The molecule has 1 amide bonds. The quantitative estimate of drug-likeness (QED) is 0.863. The van der Waals surface area contributed by atoms with Gasteiger partial charge in [-0.05, 0) is 19.8 Å². The standard InChI is InChI=1S/C17H20N4O2/c1-12-13-4-2-3-5-14(13)16(20-19-12)21-8-6-17(7-9-21)11-18-15(22)10-23-17/h2-5H,6-11H2,1H3,(H,18,22). The van der Waals surface area contributed by atoms with E-state index in [1.165, 1.54) is 0 Å². The number of carbonyl (C=O) groups excluding carboxylic acids is 1. The zero-order valence-electron chi connectivity index (χ0n) is 13.2. The molecule has 1 N–H and O–H groups in total. The van der Waals surface area contributed by atoms with Crippen LogP contribution in [-0.2, 0) is 9.53 Å². The zero-order valence-corrected chi connectivity index (χ0v) is 13.2. The number of aromatic nitrogens is 2. The summed E-state index contributed by atoms with van der Waals surface area (Å²) in [5.41, 5.74) is 0.745. The van der Waals surface area contributed by atoms with Crippen LogP contribution in [0.4, 0.5) is 5.82 Å². The third-order valence-corrected chi connectivity index (χ3v) is 4.94. The maximum atomic E-state index is 11.3. The number of carbonyl (C=O) groups is 1. The van der Waals surface area contributed by atoms with Crippen molar-refractivity contribution in [3.05, 3.63) is 30.0 Å². The van der Waals surface area contributed by atoms with Gasteiger partial charge < -0.3 is 15.0 Å². The molecule has 4 rings (SSSR count). The second kappa shape index (κ2) is 5.45. The van der Waals surface area contributed by atoms with Crippen molar-refractivity contribution >= 4 is 22.5 Å². The molecule has 0 radical (unpaired) electrons. The van der Waals surface area contributed by atoms with Crippen molar-refractivity contribution in [3.8, 4) is 0 Å². The molecule has 2 saturated heterocycles. The van der Waals surface area contributed by atoms with Crippen LogP contribution in [0.2, 0.25) is 0 Å². The van der Waals surface area contributed by atoms with Crippen molar-refractivity contribution in [3.63, 3.8) is 0 Å². The number of rotatable bonds is 1. The first kappa shape index (κ1) is 14.4. The van der Waals surface area contributed by atoms with Gasteiger partial charge >= 0.3 is 0 Å². The van der Waals surface area contributed by atoms with Crippen LogP contribution < -0.4 is 10.2 Å². The van der Waals surface area contributed by atoms with Gasteiger partial charge in [0.2, 0.25) is 5.91 Å². The summed E-state index contributed by atoms with van der Waals surface area (Å²) in [6.07, 6.45) is 1.77. The first-order valence-electron chi connectivity index (χ1n) is 8.05. The Bertz CT molecular complexity index is 741.